The largest absolute Gasteiger partial charge is 0.494 e. The first-order valence-corrected chi connectivity index (χ1v) is 10.9. The van der Waals surface area contributed by atoms with Gasteiger partial charge in [0.1, 0.15) is 5.75 Å². The first-order chi connectivity index (χ1) is 14.2. The second kappa shape index (κ2) is 13.0. The fourth-order valence-corrected chi connectivity index (χ4v) is 3.25. The monoisotopic (exact) mass is 401 g/mol. The van der Waals surface area contributed by atoms with Crippen molar-refractivity contribution in [1.29, 1.82) is 0 Å². The van der Waals surface area contributed by atoms with Crippen LogP contribution in [0.25, 0.3) is 17.0 Å². The summed E-state index contributed by atoms with van der Waals surface area (Å²) in [5.74, 6) is 1.05. The molecule has 1 aromatic carbocycles. The van der Waals surface area contributed by atoms with Crippen LogP contribution in [0, 0.1) is 0 Å². The second-order valence-corrected chi connectivity index (χ2v) is 7.31. The van der Waals surface area contributed by atoms with Crippen LogP contribution in [-0.2, 0) is 0 Å². The van der Waals surface area contributed by atoms with Crippen LogP contribution in [0.1, 0.15) is 70.8 Å². The molecule has 2 rings (SSSR count). The second-order valence-electron chi connectivity index (χ2n) is 7.31. The molecule has 5 heteroatoms. The minimum atomic E-state index is -0.258. The summed E-state index contributed by atoms with van der Waals surface area (Å²) in [7, 11) is 0. The van der Waals surface area contributed by atoms with Crippen molar-refractivity contribution in [3.8, 4) is 11.5 Å². The van der Waals surface area contributed by atoms with Gasteiger partial charge in [-0.05, 0) is 25.0 Å². The average molecular weight is 402 g/mol. The highest BCUT2D eigenvalue weighted by molar-refractivity contribution is 5.91. The maximum atomic E-state index is 12.7. The summed E-state index contributed by atoms with van der Waals surface area (Å²) in [6, 6.07) is 5.69. The van der Waals surface area contributed by atoms with E-state index in [0.29, 0.717) is 30.0 Å². The number of aliphatic hydroxyl groups excluding tert-OH is 1. The molecule has 160 valence electrons. The highest BCUT2D eigenvalue weighted by Gasteiger charge is 2.13. The number of unbranched alkanes of at least 4 members (excludes halogenated alkanes) is 6. The molecular weight excluding hydrogens is 366 g/mol. The highest BCUT2D eigenvalue weighted by Crippen LogP contribution is 2.28. The Balaban J connectivity index is 2.18. The van der Waals surface area contributed by atoms with E-state index in [-0.39, 0.29) is 12.2 Å². The van der Waals surface area contributed by atoms with E-state index in [1.165, 1.54) is 25.7 Å². The van der Waals surface area contributed by atoms with Crippen molar-refractivity contribution >= 4 is 17.0 Å². The number of nitrogens with one attached hydrogen (secondary N) is 1. The Kier molecular flexibility index (Phi) is 10.4. The van der Waals surface area contributed by atoms with Gasteiger partial charge in [0.15, 0.2) is 5.75 Å². The Morgan fingerprint density at radius 3 is 2.45 bits per heavy atom. The fourth-order valence-electron chi connectivity index (χ4n) is 3.25. The normalized spacial score (nSPS) is 11.4. The molecule has 0 atom stereocenters. The van der Waals surface area contributed by atoms with Crippen molar-refractivity contribution in [2.45, 2.75) is 65.2 Å². The fraction of sp³-hybridized carbons (Fsp3) is 0.542. The van der Waals surface area contributed by atoms with Gasteiger partial charge in [-0.25, -0.2) is 0 Å². The zero-order chi connectivity index (χ0) is 20.9. The molecule has 0 aliphatic rings. The Hall–Kier alpha value is -2.27. The number of aromatic nitrogens is 1. The van der Waals surface area contributed by atoms with E-state index in [2.05, 4.69) is 18.8 Å². The lowest BCUT2D eigenvalue weighted by atomic mass is 10.1. The number of aromatic amines is 1. The Labute approximate surface area is 173 Å². The van der Waals surface area contributed by atoms with Crippen LogP contribution in [0.2, 0.25) is 0 Å². The van der Waals surface area contributed by atoms with E-state index in [4.69, 9.17) is 9.47 Å². The zero-order valence-corrected chi connectivity index (χ0v) is 17.8. The molecule has 0 spiro atoms. The number of fused-ring (bicyclic) bond motifs is 1. The maximum absolute atomic E-state index is 12.7. The number of aliphatic hydroxyl groups is 1. The van der Waals surface area contributed by atoms with Gasteiger partial charge in [-0.15, -0.1) is 0 Å². The number of rotatable bonds is 14. The number of hydrogen-bond donors (Lipinski definition) is 2. The number of H-pyrrole nitrogens is 1. The van der Waals surface area contributed by atoms with E-state index < -0.39 is 0 Å². The summed E-state index contributed by atoms with van der Waals surface area (Å²) in [6.45, 7) is 5.40. The molecule has 1 aromatic heterocycles. The third kappa shape index (κ3) is 7.24. The van der Waals surface area contributed by atoms with Gasteiger partial charge >= 0.3 is 0 Å². The predicted octanol–water partition coefficient (Wildman–Crippen LogP) is 5.45. The van der Waals surface area contributed by atoms with Gasteiger partial charge in [-0.1, -0.05) is 64.5 Å². The molecule has 0 fully saturated rings. The first kappa shape index (κ1) is 23.0. The highest BCUT2D eigenvalue weighted by atomic mass is 16.5. The number of pyridine rings is 1. The number of hydrogen-bond acceptors (Lipinski definition) is 4. The summed E-state index contributed by atoms with van der Waals surface area (Å²) < 4.78 is 11.6. The Morgan fingerprint density at radius 1 is 0.966 bits per heavy atom. The average Bonchev–Trinajstić information content (AvgIpc) is 2.72. The smallest absolute Gasteiger partial charge is 0.291 e. The third-order valence-electron chi connectivity index (χ3n) is 4.88. The predicted molar refractivity (Wildman–Crippen MR) is 120 cm³/mol. The van der Waals surface area contributed by atoms with Crippen molar-refractivity contribution in [2.24, 2.45) is 0 Å². The minimum absolute atomic E-state index is 0.0939. The zero-order valence-electron chi connectivity index (χ0n) is 17.8. The molecule has 5 nitrogen and oxygen atoms in total. The molecule has 0 amide bonds. The van der Waals surface area contributed by atoms with Crippen LogP contribution in [-0.4, -0.2) is 29.9 Å². The number of benzene rings is 1. The van der Waals surface area contributed by atoms with Crippen molar-refractivity contribution in [1.82, 2.24) is 4.98 Å². The van der Waals surface area contributed by atoms with Gasteiger partial charge in [-0.2, -0.15) is 0 Å². The van der Waals surface area contributed by atoms with Crippen LogP contribution < -0.4 is 15.0 Å². The molecule has 1 heterocycles. The van der Waals surface area contributed by atoms with Gasteiger partial charge < -0.3 is 19.6 Å². The lowest BCUT2D eigenvalue weighted by Gasteiger charge is -2.13. The van der Waals surface area contributed by atoms with E-state index in [1.54, 1.807) is 12.2 Å². The molecule has 0 bridgehead atoms. The van der Waals surface area contributed by atoms with Crippen molar-refractivity contribution in [3.05, 3.63) is 40.2 Å². The van der Waals surface area contributed by atoms with E-state index >= 15 is 0 Å². The van der Waals surface area contributed by atoms with Crippen LogP contribution in [0.4, 0.5) is 0 Å². The molecule has 0 saturated heterocycles. The summed E-state index contributed by atoms with van der Waals surface area (Å²) in [5, 5.41) is 10.1. The summed E-state index contributed by atoms with van der Waals surface area (Å²) >= 11 is 0. The van der Waals surface area contributed by atoms with Crippen LogP contribution in [0.15, 0.2) is 29.1 Å². The molecule has 0 radical (unpaired) electrons. The minimum Gasteiger partial charge on any atom is -0.494 e. The van der Waals surface area contributed by atoms with E-state index in [9.17, 15) is 9.90 Å². The maximum Gasteiger partial charge on any atom is 0.291 e. The summed E-state index contributed by atoms with van der Waals surface area (Å²) in [5.41, 5.74) is 1.14. The topological polar surface area (TPSA) is 71.5 Å². The lowest BCUT2D eigenvalue weighted by Crippen LogP contribution is -2.14. The van der Waals surface area contributed by atoms with Gasteiger partial charge in [0, 0.05) is 17.0 Å². The summed E-state index contributed by atoms with van der Waals surface area (Å²) in [6.07, 6.45) is 12.4. The molecule has 0 saturated carbocycles. The van der Waals surface area contributed by atoms with Crippen molar-refractivity contribution < 1.29 is 14.6 Å². The van der Waals surface area contributed by atoms with Gasteiger partial charge in [-0.3, -0.25) is 4.79 Å². The van der Waals surface area contributed by atoms with E-state index in [1.807, 2.05) is 18.2 Å². The van der Waals surface area contributed by atoms with Gasteiger partial charge in [0.2, 0.25) is 0 Å². The molecular formula is C24H35NO4. The first-order valence-electron chi connectivity index (χ1n) is 10.9. The molecule has 0 aliphatic carbocycles. The molecule has 0 unspecified atom stereocenters. The Morgan fingerprint density at radius 2 is 1.69 bits per heavy atom. The molecule has 0 aliphatic heterocycles. The third-order valence-corrected chi connectivity index (χ3v) is 4.88. The van der Waals surface area contributed by atoms with E-state index in [0.717, 1.165) is 36.8 Å². The van der Waals surface area contributed by atoms with Crippen LogP contribution in [0.3, 0.4) is 0 Å². The molecule has 29 heavy (non-hydrogen) atoms. The standard InChI is InChI=1S/C24H35NO4/c1-3-5-7-8-9-10-17-29-23-21(12-11-15-26)20-14-13-19(28-16-6-4-2)18-22(20)25-24(23)27/h11-14,18,26H,3-10,15-17H2,1-2H3,(H,25,27). The van der Waals surface area contributed by atoms with Crippen LogP contribution in [0.5, 0.6) is 11.5 Å². The van der Waals surface area contributed by atoms with Crippen LogP contribution >= 0.6 is 0 Å². The lowest BCUT2D eigenvalue weighted by molar-refractivity contribution is 0.300. The van der Waals surface area contributed by atoms with Gasteiger partial charge in [0.25, 0.3) is 5.56 Å². The van der Waals surface area contributed by atoms with Crippen molar-refractivity contribution in [2.75, 3.05) is 19.8 Å². The Bertz CT molecular complexity index is 825. The molecule has 2 N–H and O–H groups in total. The SMILES string of the molecule is CCCCCCCCOc1c(C=CCO)c2ccc(OCCCC)cc2[nH]c1=O. The molecule has 2 aromatic rings. The van der Waals surface area contributed by atoms with Crippen molar-refractivity contribution in [3.63, 3.8) is 0 Å². The quantitative estimate of drug-likeness (QED) is 0.413. The number of ether oxygens (including phenoxy) is 2. The van der Waals surface area contributed by atoms with Gasteiger partial charge in [0.05, 0.1) is 25.3 Å². The summed E-state index contributed by atoms with van der Waals surface area (Å²) in [4.78, 5) is 15.6.